The van der Waals surface area contributed by atoms with E-state index in [0.29, 0.717) is 30.8 Å². The maximum Gasteiger partial charge on any atom is 0.255 e. The number of rotatable bonds is 3. The third-order valence-corrected chi connectivity index (χ3v) is 7.20. The number of aromatic amines is 1. The fourth-order valence-electron chi connectivity index (χ4n) is 5.38. The lowest BCUT2D eigenvalue weighted by molar-refractivity contribution is 0.0607. The van der Waals surface area contributed by atoms with E-state index in [2.05, 4.69) is 16.3 Å². The van der Waals surface area contributed by atoms with Gasteiger partial charge in [0, 0.05) is 42.8 Å². The first kappa shape index (κ1) is 21.6. The fourth-order valence-corrected chi connectivity index (χ4v) is 5.38. The quantitative estimate of drug-likeness (QED) is 0.471. The van der Waals surface area contributed by atoms with Crippen molar-refractivity contribution < 1.29 is 9.90 Å². The predicted octanol–water partition coefficient (Wildman–Crippen LogP) is 2.60. The van der Waals surface area contributed by atoms with Gasteiger partial charge in [-0.2, -0.15) is 15.5 Å². The number of carbonyl (C=O) groups excluding carboxylic acids is 1. The van der Waals surface area contributed by atoms with Crippen LogP contribution in [0, 0.1) is 24.2 Å². The number of nitrogens with zero attached hydrogens (tertiary/aromatic N) is 7. The molecular weight excluding hydrogens is 444 g/mol. The summed E-state index contributed by atoms with van der Waals surface area (Å²) < 4.78 is 1.76. The monoisotopic (exact) mass is 470 g/mol. The van der Waals surface area contributed by atoms with Crippen molar-refractivity contribution in [3.05, 3.63) is 53.5 Å². The molecule has 5 heterocycles. The highest BCUT2D eigenvalue weighted by atomic mass is 16.3. The Morgan fingerprint density at radius 1 is 1.29 bits per heavy atom. The number of β-amino-alcohol motifs (C(OH)–C–C–N with tert-alkyl or cyclic N) is 1. The summed E-state index contributed by atoms with van der Waals surface area (Å²) in [6.07, 6.45) is 5.76. The molecule has 35 heavy (non-hydrogen) atoms. The number of amides is 1. The zero-order valence-corrected chi connectivity index (χ0v) is 19.4. The first-order valence-electron chi connectivity index (χ1n) is 12.0. The summed E-state index contributed by atoms with van der Waals surface area (Å²) in [6, 6.07) is 9.63. The molecule has 2 aliphatic heterocycles. The smallest absolute Gasteiger partial charge is 0.255 e. The van der Waals surface area contributed by atoms with Gasteiger partial charge in [-0.25, -0.2) is 9.50 Å². The van der Waals surface area contributed by atoms with Crippen molar-refractivity contribution >= 4 is 28.3 Å². The van der Waals surface area contributed by atoms with Crippen molar-refractivity contribution in [2.45, 2.75) is 38.3 Å². The second-order valence-electron chi connectivity index (χ2n) is 9.47. The highest BCUT2D eigenvalue weighted by molar-refractivity contribution is 6.06. The van der Waals surface area contributed by atoms with Gasteiger partial charge in [-0.05, 0) is 38.3 Å². The van der Waals surface area contributed by atoms with Gasteiger partial charge in [0.1, 0.15) is 5.82 Å². The van der Waals surface area contributed by atoms with Gasteiger partial charge in [-0.3, -0.25) is 9.89 Å². The molecule has 2 aliphatic rings. The molecule has 2 fully saturated rings. The third kappa shape index (κ3) is 3.59. The number of likely N-dealkylation sites (tertiary alicyclic amines) is 1. The first-order valence-corrected chi connectivity index (χ1v) is 12.0. The largest absolute Gasteiger partial charge is 0.390 e. The summed E-state index contributed by atoms with van der Waals surface area (Å²) in [5.41, 5.74) is 3.90. The minimum absolute atomic E-state index is 0.0165. The van der Waals surface area contributed by atoms with Crippen molar-refractivity contribution in [2.75, 3.05) is 24.5 Å². The summed E-state index contributed by atoms with van der Waals surface area (Å²) in [6.45, 7) is 3.46. The number of anilines is 1. The van der Waals surface area contributed by atoms with Crippen LogP contribution in [0.1, 0.15) is 46.9 Å². The zero-order chi connectivity index (χ0) is 24.1. The number of piperidine rings is 1. The van der Waals surface area contributed by atoms with E-state index in [9.17, 15) is 15.2 Å². The van der Waals surface area contributed by atoms with Crippen LogP contribution in [0.5, 0.6) is 0 Å². The number of hydrogen-bond donors (Lipinski definition) is 2. The number of aliphatic hydroxyl groups excluding tert-OH is 1. The standard InChI is InChI=1S/C25H26N8O2/c1-15-12-33-23(28-24(15)31-13-16(10-26)22(34)14-31)9-20(30-33)21-7-2-3-8-32(21)25(35)17-5-4-6-19-18(17)11-27-29-19/h4-6,9,11-12,16,21-22,34H,2-3,7-8,13-14H2,1H3,(H,27,29). The lowest BCUT2D eigenvalue weighted by Crippen LogP contribution is -2.38. The van der Waals surface area contributed by atoms with Crippen LogP contribution in [0.15, 0.2) is 36.7 Å². The topological polar surface area (TPSA) is 126 Å². The molecule has 0 radical (unpaired) electrons. The molecule has 0 aliphatic carbocycles. The van der Waals surface area contributed by atoms with Gasteiger partial charge in [0.2, 0.25) is 0 Å². The van der Waals surface area contributed by atoms with E-state index in [1.54, 1.807) is 10.7 Å². The Morgan fingerprint density at radius 3 is 3.00 bits per heavy atom. The van der Waals surface area contributed by atoms with Crippen molar-refractivity contribution in [1.29, 1.82) is 5.26 Å². The maximum absolute atomic E-state index is 13.7. The number of H-pyrrole nitrogens is 1. The van der Waals surface area contributed by atoms with E-state index in [-0.39, 0.29) is 11.9 Å². The van der Waals surface area contributed by atoms with Crippen LogP contribution in [-0.4, -0.2) is 66.4 Å². The molecule has 1 aromatic carbocycles. The average Bonchev–Trinajstić information content (AvgIpc) is 3.60. The number of carbonyl (C=O) groups is 1. The Balaban J connectivity index is 1.34. The number of fused-ring (bicyclic) bond motifs is 2. The van der Waals surface area contributed by atoms with E-state index in [1.165, 1.54) is 0 Å². The Kier molecular flexibility index (Phi) is 5.15. The van der Waals surface area contributed by atoms with Crippen LogP contribution in [0.3, 0.4) is 0 Å². The highest BCUT2D eigenvalue weighted by Gasteiger charge is 2.34. The third-order valence-electron chi connectivity index (χ3n) is 7.20. The van der Waals surface area contributed by atoms with Crippen molar-refractivity contribution in [2.24, 2.45) is 5.92 Å². The molecule has 3 unspecified atom stereocenters. The number of aliphatic hydroxyl groups is 1. The molecule has 0 spiro atoms. The van der Waals surface area contributed by atoms with Gasteiger partial charge in [-0.15, -0.1) is 0 Å². The first-order chi connectivity index (χ1) is 17.0. The molecular formula is C25H26N8O2. The lowest BCUT2D eigenvalue weighted by atomic mass is 9.97. The van der Waals surface area contributed by atoms with Crippen LogP contribution in [0.4, 0.5) is 5.82 Å². The van der Waals surface area contributed by atoms with Gasteiger partial charge in [0.25, 0.3) is 5.91 Å². The summed E-state index contributed by atoms with van der Waals surface area (Å²) >= 11 is 0. The van der Waals surface area contributed by atoms with Gasteiger partial charge in [0.05, 0.1) is 47.1 Å². The number of nitriles is 1. The molecule has 0 bridgehead atoms. The van der Waals surface area contributed by atoms with Crippen LogP contribution in [0.2, 0.25) is 0 Å². The van der Waals surface area contributed by atoms with Crippen molar-refractivity contribution in [1.82, 2.24) is 29.7 Å². The van der Waals surface area contributed by atoms with Crippen molar-refractivity contribution in [3.8, 4) is 6.07 Å². The second kappa shape index (κ2) is 8.36. The lowest BCUT2D eigenvalue weighted by Gasteiger charge is -2.35. The average molecular weight is 471 g/mol. The molecule has 2 saturated heterocycles. The molecule has 6 rings (SSSR count). The predicted molar refractivity (Wildman–Crippen MR) is 129 cm³/mol. The number of nitrogens with one attached hydrogen (secondary N) is 1. The molecule has 3 aromatic heterocycles. The summed E-state index contributed by atoms with van der Waals surface area (Å²) in [4.78, 5) is 22.4. The normalized spacial score (nSPS) is 22.7. The molecule has 0 saturated carbocycles. The summed E-state index contributed by atoms with van der Waals surface area (Å²) in [5.74, 6) is 0.315. The summed E-state index contributed by atoms with van der Waals surface area (Å²) in [5, 5.41) is 32.1. The minimum Gasteiger partial charge on any atom is -0.390 e. The Labute approximate surface area is 201 Å². The van der Waals surface area contributed by atoms with E-state index >= 15 is 0 Å². The van der Waals surface area contributed by atoms with E-state index in [0.717, 1.165) is 47.2 Å². The van der Waals surface area contributed by atoms with Crippen LogP contribution >= 0.6 is 0 Å². The number of aryl methyl sites for hydroxylation is 1. The minimum atomic E-state index is -0.681. The van der Waals surface area contributed by atoms with Crippen LogP contribution < -0.4 is 4.90 Å². The zero-order valence-electron chi connectivity index (χ0n) is 19.4. The van der Waals surface area contributed by atoms with E-state index < -0.39 is 12.0 Å². The number of benzene rings is 1. The molecule has 2 N–H and O–H groups in total. The summed E-state index contributed by atoms with van der Waals surface area (Å²) in [7, 11) is 0. The fraction of sp³-hybridized carbons (Fsp3) is 0.400. The molecule has 1 amide bonds. The molecule has 3 atom stereocenters. The second-order valence-corrected chi connectivity index (χ2v) is 9.47. The van der Waals surface area contributed by atoms with Gasteiger partial charge in [-0.1, -0.05) is 6.07 Å². The Bertz CT molecular complexity index is 1470. The SMILES string of the molecule is Cc1cn2nc(C3CCCCN3C(=O)c3cccc4[nH]ncc34)cc2nc1N1CC(O)C(C#N)C1. The van der Waals surface area contributed by atoms with E-state index in [4.69, 9.17) is 10.1 Å². The van der Waals surface area contributed by atoms with Crippen LogP contribution in [-0.2, 0) is 0 Å². The number of hydrogen-bond acceptors (Lipinski definition) is 7. The van der Waals surface area contributed by atoms with E-state index in [1.807, 2.05) is 47.2 Å². The molecule has 10 nitrogen and oxygen atoms in total. The van der Waals surface area contributed by atoms with Gasteiger partial charge < -0.3 is 14.9 Å². The van der Waals surface area contributed by atoms with Gasteiger partial charge in [0.15, 0.2) is 5.65 Å². The highest BCUT2D eigenvalue weighted by Crippen LogP contribution is 2.34. The molecule has 4 aromatic rings. The maximum atomic E-state index is 13.7. The molecule has 178 valence electrons. The van der Waals surface area contributed by atoms with Gasteiger partial charge >= 0.3 is 0 Å². The van der Waals surface area contributed by atoms with Crippen molar-refractivity contribution in [3.63, 3.8) is 0 Å². The Morgan fingerprint density at radius 2 is 2.17 bits per heavy atom. The Hall–Kier alpha value is -3.97. The van der Waals surface area contributed by atoms with Crippen LogP contribution in [0.25, 0.3) is 16.6 Å². The number of aromatic nitrogens is 5. The molecule has 10 heteroatoms.